The molecule has 0 atom stereocenters. The third-order valence-electron chi connectivity index (χ3n) is 4.10. The minimum absolute atomic E-state index is 0.777. The van der Waals surface area contributed by atoms with Crippen molar-refractivity contribution in [3.63, 3.8) is 0 Å². The van der Waals surface area contributed by atoms with Crippen LogP contribution in [0.5, 0.6) is 0 Å². The van der Waals surface area contributed by atoms with Crippen molar-refractivity contribution >= 4 is 23.1 Å². The lowest BCUT2D eigenvalue weighted by Crippen LogP contribution is -2.51. The number of pyridine rings is 1. The fourth-order valence-corrected chi connectivity index (χ4v) is 2.93. The lowest BCUT2D eigenvalue weighted by molar-refractivity contribution is 0.379. The molecule has 23 heavy (non-hydrogen) atoms. The maximum Gasteiger partial charge on any atom is 0.169 e. The SMILES string of the molecule is Cc1ccc(CNC(=S)N2CCN(c3ccccn3)CC2)cc1. The fraction of sp³-hybridized carbons (Fsp3) is 0.333. The van der Waals surface area contributed by atoms with E-state index in [2.05, 4.69) is 57.4 Å². The smallest absolute Gasteiger partial charge is 0.169 e. The van der Waals surface area contributed by atoms with Crippen molar-refractivity contribution < 1.29 is 0 Å². The van der Waals surface area contributed by atoms with E-state index in [9.17, 15) is 0 Å². The van der Waals surface area contributed by atoms with Gasteiger partial charge in [-0.1, -0.05) is 35.9 Å². The Morgan fingerprint density at radius 2 is 1.83 bits per heavy atom. The summed E-state index contributed by atoms with van der Waals surface area (Å²) in [4.78, 5) is 8.96. The van der Waals surface area contributed by atoms with E-state index in [0.717, 1.165) is 43.7 Å². The van der Waals surface area contributed by atoms with Crippen LogP contribution in [0.4, 0.5) is 5.82 Å². The van der Waals surface area contributed by atoms with Gasteiger partial charge in [0.1, 0.15) is 5.82 Å². The van der Waals surface area contributed by atoms with Gasteiger partial charge in [0, 0.05) is 38.9 Å². The van der Waals surface area contributed by atoms with Crippen molar-refractivity contribution in [2.75, 3.05) is 31.1 Å². The van der Waals surface area contributed by atoms with Crippen LogP contribution < -0.4 is 10.2 Å². The van der Waals surface area contributed by atoms with E-state index in [1.165, 1.54) is 11.1 Å². The molecule has 1 aliphatic rings. The highest BCUT2D eigenvalue weighted by Gasteiger charge is 2.19. The Hall–Kier alpha value is -2.14. The molecule has 0 saturated carbocycles. The van der Waals surface area contributed by atoms with E-state index in [-0.39, 0.29) is 0 Å². The highest BCUT2D eigenvalue weighted by Crippen LogP contribution is 2.12. The molecule has 0 radical (unpaired) electrons. The van der Waals surface area contributed by atoms with Gasteiger partial charge in [0.25, 0.3) is 0 Å². The van der Waals surface area contributed by atoms with Gasteiger partial charge in [-0.25, -0.2) is 4.98 Å². The number of nitrogens with zero attached hydrogens (tertiary/aromatic N) is 3. The van der Waals surface area contributed by atoms with E-state index < -0.39 is 0 Å². The molecule has 1 aliphatic heterocycles. The molecule has 0 amide bonds. The summed E-state index contributed by atoms with van der Waals surface area (Å²) >= 11 is 5.53. The monoisotopic (exact) mass is 326 g/mol. The Kier molecular flexibility index (Phi) is 5.08. The molecule has 0 aliphatic carbocycles. The van der Waals surface area contributed by atoms with Gasteiger partial charge in [-0.3, -0.25) is 0 Å². The molecule has 1 N–H and O–H groups in total. The predicted molar refractivity (Wildman–Crippen MR) is 98.6 cm³/mol. The van der Waals surface area contributed by atoms with Crippen molar-refractivity contribution in [2.24, 2.45) is 0 Å². The summed E-state index contributed by atoms with van der Waals surface area (Å²) in [6.45, 7) is 6.63. The third-order valence-corrected chi connectivity index (χ3v) is 4.51. The number of nitrogens with one attached hydrogen (secondary N) is 1. The maximum absolute atomic E-state index is 5.53. The van der Waals surface area contributed by atoms with Gasteiger partial charge in [0.05, 0.1) is 0 Å². The number of hydrogen-bond acceptors (Lipinski definition) is 3. The van der Waals surface area contributed by atoms with Crippen molar-refractivity contribution in [2.45, 2.75) is 13.5 Å². The van der Waals surface area contributed by atoms with Crippen LogP contribution in [0.15, 0.2) is 48.7 Å². The first-order valence-electron chi connectivity index (χ1n) is 7.97. The minimum atomic E-state index is 0.777. The average Bonchev–Trinajstić information content (AvgIpc) is 2.62. The molecule has 3 rings (SSSR count). The Morgan fingerprint density at radius 3 is 2.48 bits per heavy atom. The van der Waals surface area contributed by atoms with Crippen LogP contribution in [0.3, 0.4) is 0 Å². The number of hydrogen-bond donors (Lipinski definition) is 1. The highest BCUT2D eigenvalue weighted by atomic mass is 32.1. The third kappa shape index (κ3) is 4.20. The van der Waals surface area contributed by atoms with Crippen LogP contribution in [0.2, 0.25) is 0 Å². The topological polar surface area (TPSA) is 31.4 Å². The summed E-state index contributed by atoms with van der Waals surface area (Å²) < 4.78 is 0. The Bertz CT molecular complexity index is 634. The lowest BCUT2D eigenvalue weighted by Gasteiger charge is -2.36. The molecule has 1 fully saturated rings. The number of anilines is 1. The summed E-state index contributed by atoms with van der Waals surface area (Å²) in [6, 6.07) is 14.6. The van der Waals surface area contributed by atoms with Gasteiger partial charge in [-0.05, 0) is 36.8 Å². The van der Waals surface area contributed by atoms with Gasteiger partial charge < -0.3 is 15.1 Å². The molecule has 5 heteroatoms. The highest BCUT2D eigenvalue weighted by molar-refractivity contribution is 7.80. The van der Waals surface area contributed by atoms with Gasteiger partial charge in [0.2, 0.25) is 0 Å². The lowest BCUT2D eigenvalue weighted by atomic mass is 10.1. The van der Waals surface area contributed by atoms with Crippen LogP contribution in [0.25, 0.3) is 0 Å². The molecule has 0 unspecified atom stereocenters. The van der Waals surface area contributed by atoms with Gasteiger partial charge in [-0.15, -0.1) is 0 Å². The molecule has 1 saturated heterocycles. The van der Waals surface area contributed by atoms with E-state index >= 15 is 0 Å². The van der Waals surface area contributed by atoms with E-state index in [1.54, 1.807) is 0 Å². The van der Waals surface area contributed by atoms with Crippen LogP contribution in [0.1, 0.15) is 11.1 Å². The standard InChI is InChI=1S/C18H22N4S/c1-15-5-7-16(8-6-15)14-20-18(23)22-12-10-21(11-13-22)17-4-2-3-9-19-17/h2-9H,10-14H2,1H3,(H,20,23). The zero-order chi connectivity index (χ0) is 16.1. The van der Waals surface area contributed by atoms with Crippen molar-refractivity contribution in [3.05, 3.63) is 59.8 Å². The summed E-state index contributed by atoms with van der Waals surface area (Å²) in [5.41, 5.74) is 2.53. The van der Waals surface area contributed by atoms with Gasteiger partial charge in [-0.2, -0.15) is 0 Å². The molecular formula is C18H22N4S. The number of benzene rings is 1. The Balaban J connectivity index is 1.47. The van der Waals surface area contributed by atoms with Gasteiger partial charge in [0.15, 0.2) is 5.11 Å². The molecule has 1 aromatic carbocycles. The number of piperazine rings is 1. The normalized spacial score (nSPS) is 14.7. The molecule has 120 valence electrons. The van der Waals surface area contributed by atoms with Crippen LogP contribution in [0, 0.1) is 6.92 Å². The Labute approximate surface area is 143 Å². The van der Waals surface area contributed by atoms with Crippen molar-refractivity contribution in [1.82, 2.24) is 15.2 Å². The van der Waals surface area contributed by atoms with Crippen LogP contribution in [-0.4, -0.2) is 41.2 Å². The molecule has 0 spiro atoms. The first-order chi connectivity index (χ1) is 11.2. The maximum atomic E-state index is 5.53. The second-order valence-electron chi connectivity index (χ2n) is 5.81. The zero-order valence-electron chi connectivity index (χ0n) is 13.4. The molecule has 4 nitrogen and oxygen atoms in total. The van der Waals surface area contributed by atoms with E-state index in [4.69, 9.17) is 12.2 Å². The summed E-state index contributed by atoms with van der Waals surface area (Å²) in [7, 11) is 0. The summed E-state index contributed by atoms with van der Waals surface area (Å²) in [5, 5.41) is 4.21. The fourth-order valence-electron chi connectivity index (χ4n) is 2.67. The summed E-state index contributed by atoms with van der Waals surface area (Å²) in [5.74, 6) is 1.05. The summed E-state index contributed by atoms with van der Waals surface area (Å²) in [6.07, 6.45) is 1.84. The molecule has 0 bridgehead atoms. The minimum Gasteiger partial charge on any atom is -0.358 e. The molecule has 2 aromatic rings. The molecular weight excluding hydrogens is 304 g/mol. The molecule has 2 heterocycles. The first-order valence-corrected chi connectivity index (χ1v) is 8.37. The number of aryl methyl sites for hydroxylation is 1. The predicted octanol–water partition coefficient (Wildman–Crippen LogP) is 2.59. The number of rotatable bonds is 3. The van der Waals surface area contributed by atoms with E-state index in [0.29, 0.717) is 0 Å². The van der Waals surface area contributed by atoms with Crippen LogP contribution >= 0.6 is 12.2 Å². The zero-order valence-corrected chi connectivity index (χ0v) is 14.2. The van der Waals surface area contributed by atoms with Crippen molar-refractivity contribution in [1.29, 1.82) is 0 Å². The second kappa shape index (κ2) is 7.42. The number of thiocarbonyl (C=S) groups is 1. The number of aromatic nitrogens is 1. The average molecular weight is 326 g/mol. The van der Waals surface area contributed by atoms with Crippen molar-refractivity contribution in [3.8, 4) is 0 Å². The van der Waals surface area contributed by atoms with Gasteiger partial charge >= 0.3 is 0 Å². The Morgan fingerprint density at radius 1 is 1.09 bits per heavy atom. The molecule has 1 aromatic heterocycles. The largest absolute Gasteiger partial charge is 0.358 e. The van der Waals surface area contributed by atoms with E-state index in [1.807, 2.05) is 18.3 Å². The quantitative estimate of drug-likeness (QED) is 0.876. The second-order valence-corrected chi connectivity index (χ2v) is 6.19. The van der Waals surface area contributed by atoms with Crippen LogP contribution in [-0.2, 0) is 6.54 Å². The first kappa shape index (κ1) is 15.7.